The van der Waals surface area contributed by atoms with Gasteiger partial charge in [0.25, 0.3) is 0 Å². The van der Waals surface area contributed by atoms with Crippen LogP contribution in [0.3, 0.4) is 0 Å². The molecule has 154 valence electrons. The van der Waals surface area contributed by atoms with Crippen LogP contribution in [0.5, 0.6) is 0 Å². The maximum atomic E-state index is 12.7. The average molecular weight is 393 g/mol. The molecule has 2 N–H and O–H groups in total. The van der Waals surface area contributed by atoms with Gasteiger partial charge in [-0.25, -0.2) is 0 Å². The number of hydrogen-bond acceptors (Lipinski definition) is 8. The topological polar surface area (TPSA) is 122 Å². The lowest BCUT2D eigenvalue weighted by Crippen LogP contribution is -2.55. The fraction of sp³-hybridized carbons (Fsp3) is 0.632. The lowest BCUT2D eigenvalue weighted by Gasteiger charge is -2.45. The number of carbonyl (C=O) groups excluding carboxylic acids is 1. The number of ether oxygens (including phenoxy) is 1. The Hall–Kier alpha value is -2.23. The molecule has 0 spiro atoms. The predicted molar refractivity (Wildman–Crippen MR) is 98.2 cm³/mol. The maximum absolute atomic E-state index is 12.7. The minimum absolute atomic E-state index is 0.0609. The van der Waals surface area contributed by atoms with Crippen molar-refractivity contribution < 1.29 is 28.7 Å². The number of piperidine rings is 1. The Labute approximate surface area is 163 Å². The maximum Gasteiger partial charge on any atom is 0.238 e. The van der Waals surface area contributed by atoms with E-state index in [2.05, 4.69) is 10.1 Å². The number of aliphatic hydroxyl groups excluding tert-OH is 2. The van der Waals surface area contributed by atoms with Crippen molar-refractivity contribution in [3.05, 3.63) is 24.3 Å². The highest BCUT2D eigenvalue weighted by molar-refractivity contribution is 5.76. The molecule has 1 saturated heterocycles. The number of rotatable bonds is 9. The van der Waals surface area contributed by atoms with Crippen LogP contribution in [0.25, 0.3) is 11.6 Å². The van der Waals surface area contributed by atoms with Gasteiger partial charge in [0, 0.05) is 45.1 Å². The Morgan fingerprint density at radius 1 is 1.50 bits per heavy atom. The summed E-state index contributed by atoms with van der Waals surface area (Å²) in [4.78, 5) is 18.6. The van der Waals surface area contributed by atoms with Gasteiger partial charge in [-0.1, -0.05) is 5.16 Å². The van der Waals surface area contributed by atoms with Gasteiger partial charge in [0.05, 0.1) is 19.0 Å². The first-order valence-electron chi connectivity index (χ1n) is 9.50. The molecule has 1 fully saturated rings. The van der Waals surface area contributed by atoms with Gasteiger partial charge in [0.2, 0.25) is 17.6 Å². The van der Waals surface area contributed by atoms with E-state index in [-0.39, 0.29) is 18.9 Å². The van der Waals surface area contributed by atoms with Crippen molar-refractivity contribution in [3.63, 3.8) is 0 Å². The summed E-state index contributed by atoms with van der Waals surface area (Å²) in [6.45, 7) is 1.18. The molecule has 1 aliphatic rings. The molecule has 2 atom stereocenters. The van der Waals surface area contributed by atoms with Crippen molar-refractivity contribution in [2.75, 3.05) is 33.4 Å². The zero-order valence-electron chi connectivity index (χ0n) is 16.0. The third-order valence-electron chi connectivity index (χ3n) is 5.34. The third kappa shape index (κ3) is 4.60. The SMILES string of the molecule is COCCC[C@@]1(CO)CN(C(=O)CCc2nc(-c3ccco3)no2)CC[C@H]1O. The van der Waals surface area contributed by atoms with E-state index in [0.29, 0.717) is 62.9 Å². The highest BCUT2D eigenvalue weighted by Gasteiger charge is 2.43. The number of likely N-dealkylation sites (tertiary alicyclic amines) is 1. The molecule has 0 unspecified atom stereocenters. The molecule has 3 heterocycles. The molecule has 28 heavy (non-hydrogen) atoms. The Bertz CT molecular complexity index is 747. The van der Waals surface area contributed by atoms with Crippen molar-refractivity contribution in [1.29, 1.82) is 0 Å². The quantitative estimate of drug-likeness (QED) is 0.611. The number of nitrogens with zero attached hydrogens (tertiary/aromatic N) is 3. The van der Waals surface area contributed by atoms with Crippen molar-refractivity contribution in [2.45, 2.75) is 38.2 Å². The van der Waals surface area contributed by atoms with Gasteiger partial charge in [-0.15, -0.1) is 0 Å². The van der Waals surface area contributed by atoms with Crippen LogP contribution in [0.15, 0.2) is 27.3 Å². The van der Waals surface area contributed by atoms with Gasteiger partial charge in [0.1, 0.15) is 0 Å². The molecule has 9 heteroatoms. The van der Waals surface area contributed by atoms with Crippen molar-refractivity contribution in [2.24, 2.45) is 5.41 Å². The first kappa shape index (κ1) is 20.5. The van der Waals surface area contributed by atoms with E-state index in [0.717, 1.165) is 0 Å². The Morgan fingerprint density at radius 2 is 2.36 bits per heavy atom. The summed E-state index contributed by atoms with van der Waals surface area (Å²) in [5.41, 5.74) is -0.705. The zero-order valence-corrected chi connectivity index (χ0v) is 16.0. The van der Waals surface area contributed by atoms with Crippen LogP contribution in [0.1, 0.15) is 31.6 Å². The fourth-order valence-corrected chi connectivity index (χ4v) is 3.64. The number of hydrogen-bond donors (Lipinski definition) is 2. The summed E-state index contributed by atoms with van der Waals surface area (Å²) in [5, 5.41) is 24.2. The molecular formula is C19H27N3O6. The van der Waals surface area contributed by atoms with Gasteiger partial charge in [0.15, 0.2) is 5.76 Å². The van der Waals surface area contributed by atoms with Crippen molar-refractivity contribution in [1.82, 2.24) is 15.0 Å². The fourth-order valence-electron chi connectivity index (χ4n) is 3.64. The molecule has 9 nitrogen and oxygen atoms in total. The second-order valence-electron chi connectivity index (χ2n) is 7.23. The minimum Gasteiger partial charge on any atom is -0.461 e. The number of aryl methyl sites for hydroxylation is 1. The van der Waals surface area contributed by atoms with E-state index in [1.807, 2.05) is 0 Å². The minimum atomic E-state index is -0.705. The van der Waals surface area contributed by atoms with E-state index in [1.54, 1.807) is 24.1 Å². The summed E-state index contributed by atoms with van der Waals surface area (Å²) < 4.78 is 15.5. The molecule has 0 radical (unpaired) electrons. The summed E-state index contributed by atoms with van der Waals surface area (Å²) in [7, 11) is 1.62. The molecule has 0 aliphatic carbocycles. The van der Waals surface area contributed by atoms with Crippen LogP contribution in [0.2, 0.25) is 0 Å². The van der Waals surface area contributed by atoms with E-state index in [9.17, 15) is 15.0 Å². The van der Waals surface area contributed by atoms with Crippen LogP contribution in [-0.2, 0) is 16.0 Å². The highest BCUT2D eigenvalue weighted by Crippen LogP contribution is 2.35. The molecular weight excluding hydrogens is 366 g/mol. The molecule has 0 aromatic carbocycles. The van der Waals surface area contributed by atoms with E-state index in [1.165, 1.54) is 6.26 Å². The zero-order chi connectivity index (χ0) is 20.0. The Morgan fingerprint density at radius 3 is 3.07 bits per heavy atom. The molecule has 3 rings (SSSR count). The van der Waals surface area contributed by atoms with Gasteiger partial charge >= 0.3 is 0 Å². The van der Waals surface area contributed by atoms with E-state index in [4.69, 9.17) is 13.7 Å². The number of aliphatic hydroxyl groups is 2. The largest absolute Gasteiger partial charge is 0.461 e. The normalized spacial score (nSPS) is 22.5. The summed E-state index contributed by atoms with van der Waals surface area (Å²) in [6.07, 6.45) is 3.19. The summed E-state index contributed by atoms with van der Waals surface area (Å²) in [6, 6.07) is 3.47. The number of furan rings is 1. The molecule has 1 amide bonds. The summed E-state index contributed by atoms with van der Waals surface area (Å²) in [5.74, 6) is 1.17. The first-order chi connectivity index (χ1) is 13.6. The monoisotopic (exact) mass is 393 g/mol. The van der Waals surface area contributed by atoms with E-state index >= 15 is 0 Å². The molecule has 0 bridgehead atoms. The van der Waals surface area contributed by atoms with Gasteiger partial charge in [-0.05, 0) is 31.4 Å². The Kier molecular flexibility index (Phi) is 6.82. The number of amides is 1. The predicted octanol–water partition coefficient (Wildman–Crippen LogP) is 1.26. The average Bonchev–Trinajstić information content (AvgIpc) is 3.39. The smallest absolute Gasteiger partial charge is 0.238 e. The molecule has 2 aromatic rings. The van der Waals surface area contributed by atoms with E-state index < -0.39 is 11.5 Å². The third-order valence-corrected chi connectivity index (χ3v) is 5.34. The van der Waals surface area contributed by atoms with Crippen LogP contribution >= 0.6 is 0 Å². The second kappa shape index (κ2) is 9.31. The van der Waals surface area contributed by atoms with Crippen molar-refractivity contribution >= 4 is 5.91 Å². The standard InChI is InChI=1S/C19H27N3O6/c1-26-10-3-8-19(13-23)12-22(9-7-15(19)24)17(25)6-5-16-20-18(21-28-16)14-4-2-11-27-14/h2,4,11,15,23-24H,3,5-10,12-13H2,1H3/t15-,19+/m1/s1. The number of aromatic nitrogens is 2. The molecule has 2 aromatic heterocycles. The Balaban J connectivity index is 1.56. The molecule has 0 saturated carbocycles. The number of carbonyl (C=O) groups is 1. The van der Waals surface area contributed by atoms with Crippen LogP contribution in [-0.4, -0.2) is 70.7 Å². The number of methoxy groups -OCH3 is 1. The molecule has 1 aliphatic heterocycles. The lowest BCUT2D eigenvalue weighted by molar-refractivity contribution is -0.142. The van der Waals surface area contributed by atoms with Gasteiger partial charge < -0.3 is 28.8 Å². The lowest BCUT2D eigenvalue weighted by atomic mass is 9.74. The van der Waals surface area contributed by atoms with Crippen LogP contribution in [0, 0.1) is 5.41 Å². The summed E-state index contributed by atoms with van der Waals surface area (Å²) >= 11 is 0. The van der Waals surface area contributed by atoms with Gasteiger partial charge in [-0.2, -0.15) is 4.98 Å². The van der Waals surface area contributed by atoms with Gasteiger partial charge in [-0.3, -0.25) is 4.79 Å². The van der Waals surface area contributed by atoms with Crippen LogP contribution < -0.4 is 0 Å². The second-order valence-corrected chi connectivity index (χ2v) is 7.23. The first-order valence-corrected chi connectivity index (χ1v) is 9.50. The van der Waals surface area contributed by atoms with Crippen LogP contribution in [0.4, 0.5) is 0 Å². The van der Waals surface area contributed by atoms with Crippen molar-refractivity contribution in [3.8, 4) is 11.6 Å². The highest BCUT2D eigenvalue weighted by atomic mass is 16.5.